The molecule has 2 atom stereocenters. The molecule has 3 fully saturated rings. The lowest BCUT2D eigenvalue weighted by molar-refractivity contribution is -0.156. The number of likely N-dealkylation sites (tertiary alicyclic amines) is 1. The molecular weight excluding hydrogens is 584 g/mol. The Morgan fingerprint density at radius 3 is 2.28 bits per heavy atom. The highest BCUT2D eigenvalue weighted by atomic mass is 32.3. The SMILES string of the molecule is CCCCCCOC(=O)C(C)(C)COS(=O)(=O)ON1C(=O)N2C[C@H]1CC[C@H]2C(=O)NC1CCN(C(=O)OC(C)(C)C)CC1. The Morgan fingerprint density at radius 1 is 0.977 bits per heavy atom. The van der Waals surface area contributed by atoms with Crippen molar-refractivity contribution in [3.8, 4) is 0 Å². The molecule has 0 saturated carbocycles. The Kier molecular flexibility index (Phi) is 11.7. The first kappa shape index (κ1) is 34.8. The van der Waals surface area contributed by atoms with Crippen molar-refractivity contribution >= 4 is 34.4 Å². The summed E-state index contributed by atoms with van der Waals surface area (Å²) in [4.78, 5) is 53.9. The summed E-state index contributed by atoms with van der Waals surface area (Å²) in [6.45, 7) is 11.2. The average molecular weight is 633 g/mol. The molecule has 0 aromatic rings. The van der Waals surface area contributed by atoms with Crippen molar-refractivity contribution in [2.24, 2.45) is 5.41 Å². The summed E-state index contributed by atoms with van der Waals surface area (Å²) >= 11 is 0. The van der Waals surface area contributed by atoms with E-state index in [1.165, 1.54) is 18.7 Å². The van der Waals surface area contributed by atoms with E-state index in [9.17, 15) is 27.6 Å². The molecule has 3 saturated heterocycles. The molecule has 0 aromatic heterocycles. The first-order valence-corrected chi connectivity index (χ1v) is 16.5. The zero-order valence-electron chi connectivity index (χ0n) is 26.3. The Hall–Kier alpha value is -2.65. The summed E-state index contributed by atoms with van der Waals surface area (Å²) in [5.74, 6) is -0.929. The molecule has 0 radical (unpaired) electrons. The van der Waals surface area contributed by atoms with Crippen molar-refractivity contribution in [3.63, 3.8) is 0 Å². The Morgan fingerprint density at radius 2 is 1.65 bits per heavy atom. The largest absolute Gasteiger partial charge is 0.465 e. The van der Waals surface area contributed by atoms with E-state index in [-0.39, 0.29) is 25.1 Å². The summed E-state index contributed by atoms with van der Waals surface area (Å²) in [6.07, 6.45) is 5.12. The number of ether oxygens (including phenoxy) is 2. The van der Waals surface area contributed by atoms with Crippen molar-refractivity contribution in [1.82, 2.24) is 20.2 Å². The fourth-order valence-corrected chi connectivity index (χ4v) is 5.98. The van der Waals surface area contributed by atoms with Gasteiger partial charge in [0.15, 0.2) is 0 Å². The normalized spacial score (nSPS) is 21.6. The number of unbranched alkanes of at least 4 members (excludes halogenated alkanes) is 3. The fraction of sp³-hybridized carbons (Fsp3) is 0.857. The van der Waals surface area contributed by atoms with E-state index in [1.54, 1.807) is 25.7 Å². The summed E-state index contributed by atoms with van der Waals surface area (Å²) in [5.41, 5.74) is -1.86. The molecule has 0 spiro atoms. The van der Waals surface area contributed by atoms with E-state index in [1.807, 2.05) is 0 Å². The minimum atomic E-state index is -4.69. The molecule has 2 bridgehead atoms. The van der Waals surface area contributed by atoms with Crippen LogP contribution in [0.4, 0.5) is 9.59 Å². The van der Waals surface area contributed by atoms with Gasteiger partial charge in [0.25, 0.3) is 0 Å². The molecule has 3 aliphatic rings. The van der Waals surface area contributed by atoms with Crippen LogP contribution >= 0.6 is 0 Å². The number of esters is 1. The van der Waals surface area contributed by atoms with Crippen molar-refractivity contribution < 1.29 is 45.5 Å². The van der Waals surface area contributed by atoms with Gasteiger partial charge in [0.1, 0.15) is 11.6 Å². The van der Waals surface area contributed by atoms with Crippen LogP contribution in [0.25, 0.3) is 0 Å². The predicted octanol–water partition coefficient (Wildman–Crippen LogP) is 3.11. The fourth-order valence-electron chi connectivity index (χ4n) is 5.12. The second kappa shape index (κ2) is 14.4. The van der Waals surface area contributed by atoms with Gasteiger partial charge in [-0.15, -0.1) is 4.28 Å². The van der Waals surface area contributed by atoms with Gasteiger partial charge in [0.2, 0.25) is 5.91 Å². The summed E-state index contributed by atoms with van der Waals surface area (Å²) in [5, 5.41) is 3.71. The summed E-state index contributed by atoms with van der Waals surface area (Å²) < 4.78 is 45.9. The summed E-state index contributed by atoms with van der Waals surface area (Å²) in [7, 11) is -4.69. The third-order valence-corrected chi connectivity index (χ3v) is 8.39. The van der Waals surface area contributed by atoms with Gasteiger partial charge in [0.05, 0.1) is 24.7 Å². The predicted molar refractivity (Wildman–Crippen MR) is 155 cm³/mol. The second-order valence-corrected chi connectivity index (χ2v) is 14.3. The molecular formula is C28H48N4O10S. The lowest BCUT2D eigenvalue weighted by atomic mass is 9.95. The molecule has 3 aliphatic heterocycles. The van der Waals surface area contributed by atoms with Crippen molar-refractivity contribution in [1.29, 1.82) is 0 Å². The van der Waals surface area contributed by atoms with Crippen LogP contribution < -0.4 is 5.32 Å². The smallest absolute Gasteiger partial charge is 0.421 e. The van der Waals surface area contributed by atoms with Gasteiger partial charge in [-0.1, -0.05) is 26.2 Å². The first-order valence-electron chi connectivity index (χ1n) is 15.2. The maximum absolute atomic E-state index is 13.1. The van der Waals surface area contributed by atoms with Crippen molar-refractivity contribution in [2.75, 3.05) is 32.8 Å². The molecule has 0 unspecified atom stereocenters. The van der Waals surface area contributed by atoms with Gasteiger partial charge in [0, 0.05) is 25.7 Å². The number of nitrogens with one attached hydrogen (secondary N) is 1. The van der Waals surface area contributed by atoms with Crippen LogP contribution in [0, 0.1) is 5.41 Å². The molecule has 3 rings (SSSR count). The van der Waals surface area contributed by atoms with Gasteiger partial charge in [-0.2, -0.15) is 13.5 Å². The lowest BCUT2D eigenvalue weighted by Crippen LogP contribution is -2.54. The maximum Gasteiger partial charge on any atom is 0.421 e. The van der Waals surface area contributed by atoms with Gasteiger partial charge in [-0.25, -0.2) is 13.8 Å². The van der Waals surface area contributed by atoms with E-state index in [0.717, 1.165) is 30.7 Å². The lowest BCUT2D eigenvalue weighted by Gasteiger charge is -2.35. The molecule has 14 nitrogen and oxygen atoms in total. The van der Waals surface area contributed by atoms with Gasteiger partial charge in [-0.05, 0) is 66.7 Å². The number of nitrogens with zero attached hydrogens (tertiary/aromatic N) is 3. The second-order valence-electron chi connectivity index (χ2n) is 13.1. The highest BCUT2D eigenvalue weighted by Crippen LogP contribution is 2.32. The monoisotopic (exact) mass is 632 g/mol. The highest BCUT2D eigenvalue weighted by Gasteiger charge is 2.50. The maximum atomic E-state index is 13.1. The number of amides is 4. The Labute approximate surface area is 255 Å². The molecule has 1 N–H and O–H groups in total. The number of hydrogen-bond acceptors (Lipinski definition) is 10. The molecule has 246 valence electrons. The van der Waals surface area contributed by atoms with Crippen LogP contribution in [0.15, 0.2) is 0 Å². The number of hydrogen-bond donors (Lipinski definition) is 1. The average Bonchev–Trinajstić information content (AvgIpc) is 3.15. The number of piperidine rings is 2. The van der Waals surface area contributed by atoms with Gasteiger partial charge < -0.3 is 24.6 Å². The zero-order chi connectivity index (χ0) is 32.0. The third-order valence-electron chi connectivity index (χ3n) is 7.64. The molecule has 3 heterocycles. The van der Waals surface area contributed by atoms with Gasteiger partial charge in [-0.3, -0.25) is 9.59 Å². The number of rotatable bonds is 13. The Balaban J connectivity index is 1.47. The zero-order valence-corrected chi connectivity index (χ0v) is 27.1. The molecule has 4 amide bonds. The number of hydroxylamine groups is 2. The number of carbonyl (C=O) groups excluding carboxylic acids is 4. The minimum absolute atomic E-state index is 0.124. The van der Waals surface area contributed by atoms with Crippen LogP contribution in [-0.2, 0) is 37.9 Å². The van der Waals surface area contributed by atoms with Crippen molar-refractivity contribution in [3.05, 3.63) is 0 Å². The van der Waals surface area contributed by atoms with Crippen molar-refractivity contribution in [2.45, 2.75) is 117 Å². The van der Waals surface area contributed by atoms with Crippen LogP contribution in [0.1, 0.15) is 92.9 Å². The highest BCUT2D eigenvalue weighted by molar-refractivity contribution is 7.81. The number of urea groups is 1. The summed E-state index contributed by atoms with van der Waals surface area (Å²) in [6, 6.07) is -2.28. The van der Waals surface area contributed by atoms with Gasteiger partial charge >= 0.3 is 28.5 Å². The molecule has 15 heteroatoms. The molecule has 0 aliphatic carbocycles. The number of fused-ring (bicyclic) bond motifs is 2. The van der Waals surface area contributed by atoms with E-state index in [4.69, 9.17) is 17.9 Å². The molecule has 0 aromatic carbocycles. The minimum Gasteiger partial charge on any atom is -0.465 e. The number of carbonyl (C=O) groups is 4. The van der Waals surface area contributed by atoms with Crippen LogP contribution in [0.5, 0.6) is 0 Å². The quantitative estimate of drug-likeness (QED) is 0.236. The first-order chi connectivity index (χ1) is 20.0. The van der Waals surface area contributed by atoms with Crippen LogP contribution in [-0.4, -0.2) is 104 Å². The third kappa shape index (κ3) is 9.93. The van der Waals surface area contributed by atoms with E-state index < -0.39 is 58.2 Å². The molecule has 43 heavy (non-hydrogen) atoms. The van der Waals surface area contributed by atoms with E-state index in [0.29, 0.717) is 38.8 Å². The topological polar surface area (TPSA) is 161 Å². The Bertz CT molecular complexity index is 1120. The van der Waals surface area contributed by atoms with Crippen LogP contribution in [0.3, 0.4) is 0 Å². The van der Waals surface area contributed by atoms with E-state index >= 15 is 0 Å². The van der Waals surface area contributed by atoms with E-state index in [2.05, 4.69) is 12.2 Å². The van der Waals surface area contributed by atoms with Crippen LogP contribution in [0.2, 0.25) is 0 Å². The standard InChI is InChI=1S/C28H48N4O10S/c1-7-8-9-10-17-39-24(34)28(5,6)19-40-43(37,38)42-32-21-11-12-22(31(18-21)25(32)35)23(33)29-20-13-15-30(16-14-20)26(36)41-27(2,3)4/h20-22H,7-19H2,1-6H3,(H,29,33)/t21-,22+/m1/s1.